The van der Waals surface area contributed by atoms with Gasteiger partial charge >= 0.3 is 0 Å². The Morgan fingerprint density at radius 2 is 2.06 bits per heavy atom. The normalized spacial score (nSPS) is 13.1. The minimum Gasteiger partial charge on any atom is -0.309 e. The van der Waals surface area contributed by atoms with E-state index in [0.717, 1.165) is 24.1 Å². The molecule has 0 amide bonds. The third-order valence-electron chi connectivity index (χ3n) is 2.88. The van der Waals surface area contributed by atoms with Gasteiger partial charge in [-0.2, -0.15) is 0 Å². The molecule has 1 atom stereocenters. The number of benzene rings is 1. The van der Waals surface area contributed by atoms with Crippen LogP contribution in [0.15, 0.2) is 22.7 Å². The van der Waals surface area contributed by atoms with E-state index in [4.69, 9.17) is 0 Å². The summed E-state index contributed by atoms with van der Waals surface area (Å²) in [7, 11) is 2.15. The van der Waals surface area contributed by atoms with Gasteiger partial charge < -0.3 is 10.2 Å². The van der Waals surface area contributed by atoms with E-state index in [2.05, 4.69) is 72.2 Å². The fraction of sp³-hybridized carbons (Fsp3) is 0.571. The minimum atomic E-state index is 0.513. The highest BCUT2D eigenvalue weighted by molar-refractivity contribution is 9.10. The van der Waals surface area contributed by atoms with Crippen molar-refractivity contribution in [3.05, 3.63) is 33.8 Å². The van der Waals surface area contributed by atoms with Crippen LogP contribution in [0.4, 0.5) is 0 Å². The van der Waals surface area contributed by atoms with E-state index in [1.807, 2.05) is 0 Å². The van der Waals surface area contributed by atoms with E-state index in [0.29, 0.717) is 6.04 Å². The predicted octanol–water partition coefficient (Wildman–Crippen LogP) is 3.19. The SMILES string of the molecule is CCN(C)CC(C)NCc1cc(C)cc(Br)c1. The summed E-state index contributed by atoms with van der Waals surface area (Å²) in [4.78, 5) is 2.32. The zero-order chi connectivity index (χ0) is 12.8. The van der Waals surface area contributed by atoms with Crippen LogP contribution in [0.3, 0.4) is 0 Å². The predicted molar refractivity (Wildman–Crippen MR) is 78.4 cm³/mol. The molecule has 1 aromatic carbocycles. The lowest BCUT2D eigenvalue weighted by atomic mass is 10.1. The van der Waals surface area contributed by atoms with E-state index in [-0.39, 0.29) is 0 Å². The van der Waals surface area contributed by atoms with Crippen LogP contribution < -0.4 is 5.32 Å². The molecule has 0 aliphatic carbocycles. The van der Waals surface area contributed by atoms with Gasteiger partial charge in [0.05, 0.1) is 0 Å². The van der Waals surface area contributed by atoms with Gasteiger partial charge in [0.15, 0.2) is 0 Å². The Morgan fingerprint density at radius 3 is 2.65 bits per heavy atom. The molecule has 1 N–H and O–H groups in total. The van der Waals surface area contributed by atoms with Crippen LogP contribution in [0.2, 0.25) is 0 Å². The number of nitrogens with zero attached hydrogens (tertiary/aromatic N) is 1. The second-order valence-electron chi connectivity index (χ2n) is 4.77. The minimum absolute atomic E-state index is 0.513. The maximum absolute atomic E-state index is 3.56. The molecule has 2 nitrogen and oxygen atoms in total. The molecule has 0 aromatic heterocycles. The van der Waals surface area contributed by atoms with Gasteiger partial charge in [-0.05, 0) is 50.7 Å². The van der Waals surface area contributed by atoms with E-state index < -0.39 is 0 Å². The lowest BCUT2D eigenvalue weighted by molar-refractivity contribution is 0.309. The summed E-state index contributed by atoms with van der Waals surface area (Å²) in [5.41, 5.74) is 2.64. The summed E-state index contributed by atoms with van der Waals surface area (Å²) in [6, 6.07) is 7.06. The highest BCUT2D eigenvalue weighted by Gasteiger charge is 2.04. The maximum Gasteiger partial charge on any atom is 0.0209 e. The monoisotopic (exact) mass is 298 g/mol. The maximum atomic E-state index is 3.56. The first kappa shape index (κ1) is 14.7. The molecule has 0 bridgehead atoms. The number of hydrogen-bond donors (Lipinski definition) is 1. The number of aryl methyl sites for hydroxylation is 1. The Balaban J connectivity index is 2.44. The van der Waals surface area contributed by atoms with Crippen molar-refractivity contribution in [1.82, 2.24) is 10.2 Å². The molecule has 0 radical (unpaired) electrons. The fourth-order valence-electron chi connectivity index (χ4n) is 1.87. The van der Waals surface area contributed by atoms with Crippen LogP contribution in [0.5, 0.6) is 0 Å². The summed E-state index contributed by atoms with van der Waals surface area (Å²) >= 11 is 3.54. The molecule has 96 valence electrons. The standard InChI is InChI=1S/C14H23BrN2/c1-5-17(4)10-12(3)16-9-13-6-11(2)7-14(15)8-13/h6-8,12,16H,5,9-10H2,1-4H3. The molecule has 1 rings (SSSR count). The quantitative estimate of drug-likeness (QED) is 0.868. The van der Waals surface area contributed by atoms with Crippen molar-refractivity contribution in [3.63, 3.8) is 0 Å². The van der Waals surface area contributed by atoms with Gasteiger partial charge in [-0.1, -0.05) is 28.9 Å². The highest BCUT2D eigenvalue weighted by Crippen LogP contribution is 2.15. The Morgan fingerprint density at radius 1 is 1.35 bits per heavy atom. The second-order valence-corrected chi connectivity index (χ2v) is 5.69. The first-order chi connectivity index (χ1) is 8.01. The number of hydrogen-bond acceptors (Lipinski definition) is 2. The van der Waals surface area contributed by atoms with Crippen molar-refractivity contribution in [1.29, 1.82) is 0 Å². The Labute approximate surface area is 114 Å². The molecule has 0 fully saturated rings. The van der Waals surface area contributed by atoms with Crippen molar-refractivity contribution >= 4 is 15.9 Å². The highest BCUT2D eigenvalue weighted by atomic mass is 79.9. The van der Waals surface area contributed by atoms with E-state index >= 15 is 0 Å². The molecule has 0 aliphatic rings. The number of halogens is 1. The summed E-state index contributed by atoms with van der Waals surface area (Å²) in [6.45, 7) is 9.66. The second kappa shape index (κ2) is 7.14. The molecule has 1 unspecified atom stereocenters. The lowest BCUT2D eigenvalue weighted by Crippen LogP contribution is -2.36. The van der Waals surface area contributed by atoms with Gasteiger partial charge in [0.2, 0.25) is 0 Å². The molecule has 17 heavy (non-hydrogen) atoms. The molecule has 3 heteroatoms. The Hall–Kier alpha value is -0.380. The number of likely N-dealkylation sites (N-methyl/N-ethyl adjacent to an activating group) is 1. The van der Waals surface area contributed by atoms with Crippen LogP contribution in [-0.4, -0.2) is 31.1 Å². The molecule has 0 spiro atoms. The number of nitrogens with one attached hydrogen (secondary N) is 1. The summed E-state index contributed by atoms with van der Waals surface area (Å²) in [5, 5.41) is 3.56. The average Bonchev–Trinajstić information content (AvgIpc) is 2.25. The molecule has 0 saturated heterocycles. The van der Waals surface area contributed by atoms with E-state index in [9.17, 15) is 0 Å². The van der Waals surface area contributed by atoms with Gasteiger partial charge in [0.1, 0.15) is 0 Å². The zero-order valence-corrected chi connectivity index (χ0v) is 12.8. The Bertz CT molecular complexity index is 332. The summed E-state index contributed by atoms with van der Waals surface area (Å²) < 4.78 is 1.16. The van der Waals surface area contributed by atoms with Crippen LogP contribution in [0, 0.1) is 6.92 Å². The van der Waals surface area contributed by atoms with Crippen LogP contribution in [-0.2, 0) is 6.54 Å². The Kier molecular flexibility index (Phi) is 6.17. The summed E-state index contributed by atoms with van der Waals surface area (Å²) in [6.07, 6.45) is 0. The molecular weight excluding hydrogens is 276 g/mol. The van der Waals surface area contributed by atoms with Gasteiger partial charge in [-0.15, -0.1) is 0 Å². The van der Waals surface area contributed by atoms with Crippen molar-refractivity contribution in [3.8, 4) is 0 Å². The first-order valence-electron chi connectivity index (χ1n) is 6.19. The van der Waals surface area contributed by atoms with Crippen molar-refractivity contribution in [2.75, 3.05) is 20.1 Å². The van der Waals surface area contributed by atoms with Crippen LogP contribution in [0.1, 0.15) is 25.0 Å². The van der Waals surface area contributed by atoms with Crippen molar-refractivity contribution in [2.24, 2.45) is 0 Å². The zero-order valence-electron chi connectivity index (χ0n) is 11.3. The van der Waals surface area contributed by atoms with Crippen molar-refractivity contribution in [2.45, 2.75) is 33.4 Å². The molecule has 0 aliphatic heterocycles. The topological polar surface area (TPSA) is 15.3 Å². The largest absolute Gasteiger partial charge is 0.309 e. The number of rotatable bonds is 6. The van der Waals surface area contributed by atoms with Gasteiger partial charge in [-0.3, -0.25) is 0 Å². The molecule has 0 saturated carbocycles. The lowest BCUT2D eigenvalue weighted by Gasteiger charge is -2.20. The van der Waals surface area contributed by atoms with Crippen molar-refractivity contribution < 1.29 is 0 Å². The van der Waals surface area contributed by atoms with E-state index in [1.54, 1.807) is 0 Å². The summed E-state index contributed by atoms with van der Waals surface area (Å²) in [5.74, 6) is 0. The van der Waals surface area contributed by atoms with Crippen LogP contribution in [0.25, 0.3) is 0 Å². The van der Waals surface area contributed by atoms with Gasteiger partial charge in [0, 0.05) is 23.6 Å². The van der Waals surface area contributed by atoms with E-state index in [1.165, 1.54) is 11.1 Å². The smallest absolute Gasteiger partial charge is 0.0209 e. The first-order valence-corrected chi connectivity index (χ1v) is 6.98. The fourth-order valence-corrected chi connectivity index (χ4v) is 2.52. The van der Waals surface area contributed by atoms with Crippen LogP contribution >= 0.6 is 15.9 Å². The third-order valence-corrected chi connectivity index (χ3v) is 3.34. The van der Waals surface area contributed by atoms with Gasteiger partial charge in [-0.25, -0.2) is 0 Å². The molecule has 1 aromatic rings. The molecule has 0 heterocycles. The van der Waals surface area contributed by atoms with Gasteiger partial charge in [0.25, 0.3) is 0 Å². The third kappa shape index (κ3) is 5.66. The average molecular weight is 299 g/mol. The molecular formula is C14H23BrN2.